The Labute approximate surface area is 237 Å². The lowest BCUT2D eigenvalue weighted by molar-refractivity contribution is 1.20. The van der Waals surface area contributed by atoms with Crippen LogP contribution >= 0.6 is 23.5 Å². The van der Waals surface area contributed by atoms with E-state index in [1.165, 1.54) is 0 Å². The van der Waals surface area contributed by atoms with Crippen molar-refractivity contribution in [2.24, 2.45) is 20.0 Å². The third-order valence-corrected chi connectivity index (χ3v) is 9.42. The molecule has 5 heterocycles. The molecule has 6 nitrogen and oxygen atoms in total. The predicted octanol–water partition coefficient (Wildman–Crippen LogP) is 8.22. The second-order valence-electron chi connectivity index (χ2n) is 9.70. The van der Waals surface area contributed by atoms with Gasteiger partial charge in [-0.2, -0.15) is 0 Å². The highest BCUT2D eigenvalue weighted by Gasteiger charge is 2.27. The summed E-state index contributed by atoms with van der Waals surface area (Å²) in [6.45, 7) is 0. The Balaban J connectivity index is 1.35. The highest BCUT2D eigenvalue weighted by molar-refractivity contribution is 8.15. The fourth-order valence-electron chi connectivity index (χ4n) is 5.49. The summed E-state index contributed by atoms with van der Waals surface area (Å²) in [5, 5.41) is 8.11. The van der Waals surface area contributed by atoms with Gasteiger partial charge >= 0.3 is 0 Å². The summed E-state index contributed by atoms with van der Waals surface area (Å²) < 4.78 is 0. The number of rotatable bonds is 0. The van der Waals surface area contributed by atoms with Crippen LogP contribution in [0.2, 0.25) is 0 Å². The highest BCUT2D eigenvalue weighted by Crippen LogP contribution is 2.42. The van der Waals surface area contributed by atoms with Crippen molar-refractivity contribution in [3.8, 4) is 0 Å². The molecule has 0 fully saturated rings. The molecule has 2 N–H and O–H groups in total. The van der Waals surface area contributed by atoms with Gasteiger partial charge in [0.1, 0.15) is 21.7 Å². The number of nitrogens with zero attached hydrogens (tertiary/aromatic N) is 4. The molecule has 0 spiro atoms. The predicted molar refractivity (Wildman–Crippen MR) is 167 cm³/mol. The molecule has 40 heavy (non-hydrogen) atoms. The third-order valence-electron chi connectivity index (χ3n) is 7.36. The number of fused-ring (bicyclic) bond motifs is 18. The highest BCUT2D eigenvalue weighted by atomic mass is 32.2. The van der Waals surface area contributed by atoms with Crippen molar-refractivity contribution < 1.29 is 0 Å². The number of aromatic nitrogens is 2. The van der Waals surface area contributed by atoms with E-state index in [1.807, 2.05) is 24.3 Å². The number of aromatic amines is 2. The van der Waals surface area contributed by atoms with Crippen molar-refractivity contribution in [1.29, 1.82) is 0 Å². The average Bonchev–Trinajstić information content (AvgIpc) is 3.73. The van der Waals surface area contributed by atoms with E-state index in [4.69, 9.17) is 20.0 Å². The lowest BCUT2D eigenvalue weighted by Gasteiger charge is -2.02. The molecule has 0 atom stereocenters. The van der Waals surface area contributed by atoms with E-state index in [9.17, 15) is 0 Å². The van der Waals surface area contributed by atoms with Crippen molar-refractivity contribution in [2.45, 2.75) is 10.1 Å². The maximum Gasteiger partial charge on any atom is 0.163 e. The first-order valence-electron chi connectivity index (χ1n) is 12.9. The van der Waals surface area contributed by atoms with Crippen molar-refractivity contribution in [3.05, 3.63) is 119 Å². The van der Waals surface area contributed by atoms with Gasteiger partial charge in [0, 0.05) is 43.8 Å². The molecule has 0 saturated heterocycles. The molecular formula is C32H18N6S2. The average molecular weight is 551 g/mol. The Hall–Kier alpha value is -4.66. The number of hydrogen-bond donors (Lipinski definition) is 2. The van der Waals surface area contributed by atoms with Gasteiger partial charge in [-0.1, -0.05) is 121 Å². The molecule has 4 aromatic carbocycles. The van der Waals surface area contributed by atoms with Crippen LogP contribution in [0.1, 0.15) is 22.3 Å². The van der Waals surface area contributed by atoms with Crippen LogP contribution in [0.3, 0.4) is 0 Å². The second-order valence-corrected chi connectivity index (χ2v) is 11.7. The number of H-pyrrole nitrogens is 2. The van der Waals surface area contributed by atoms with Crippen LogP contribution in [0.5, 0.6) is 0 Å². The molecule has 9 rings (SSSR count). The number of nitrogens with one attached hydrogen (secondary N) is 2. The maximum atomic E-state index is 5.11. The smallest absolute Gasteiger partial charge is 0.163 e. The molecular weight excluding hydrogens is 533 g/mol. The zero-order chi connectivity index (χ0) is 26.2. The van der Waals surface area contributed by atoms with Crippen LogP contribution in [-0.2, 0) is 0 Å². The summed E-state index contributed by atoms with van der Waals surface area (Å²) in [6.07, 6.45) is 0. The van der Waals surface area contributed by atoms with Crippen LogP contribution in [-0.4, -0.2) is 31.7 Å². The lowest BCUT2D eigenvalue weighted by Crippen LogP contribution is -1.95. The number of thioether (sulfide) groups is 2. The van der Waals surface area contributed by atoms with E-state index < -0.39 is 0 Å². The first-order valence-corrected chi connectivity index (χ1v) is 14.5. The van der Waals surface area contributed by atoms with Crippen molar-refractivity contribution >= 4 is 78.5 Å². The van der Waals surface area contributed by atoms with Crippen molar-refractivity contribution in [2.75, 3.05) is 0 Å². The van der Waals surface area contributed by atoms with E-state index in [1.54, 1.807) is 23.5 Å². The number of amidine groups is 2. The molecule has 3 aliphatic heterocycles. The molecule has 6 aromatic rings. The largest absolute Gasteiger partial charge is 0.334 e. The second kappa shape index (κ2) is 8.42. The van der Waals surface area contributed by atoms with Crippen LogP contribution < -0.4 is 0 Å². The van der Waals surface area contributed by atoms with E-state index in [0.29, 0.717) is 11.7 Å². The summed E-state index contributed by atoms with van der Waals surface area (Å²) in [6, 6.07) is 33.3. The van der Waals surface area contributed by atoms with Crippen LogP contribution in [0.15, 0.2) is 127 Å². The molecule has 0 saturated carbocycles. The molecule has 8 heteroatoms. The van der Waals surface area contributed by atoms with Crippen LogP contribution in [0.25, 0.3) is 21.5 Å². The summed E-state index contributed by atoms with van der Waals surface area (Å²) >= 11 is 3.23. The summed E-state index contributed by atoms with van der Waals surface area (Å²) in [4.78, 5) is 27.5. The van der Waals surface area contributed by atoms with Crippen LogP contribution in [0, 0.1) is 0 Å². The first kappa shape index (κ1) is 22.2. The Kier molecular flexibility index (Phi) is 4.67. The maximum absolute atomic E-state index is 5.11. The van der Waals surface area contributed by atoms with E-state index in [-0.39, 0.29) is 0 Å². The number of benzene rings is 4. The minimum absolute atomic E-state index is 0.702. The van der Waals surface area contributed by atoms with Crippen molar-refractivity contribution in [1.82, 2.24) is 9.97 Å². The number of hydrogen-bond acceptors (Lipinski definition) is 6. The van der Waals surface area contributed by atoms with E-state index >= 15 is 0 Å². The fourth-order valence-corrected chi connectivity index (χ4v) is 7.59. The van der Waals surface area contributed by atoms with Crippen molar-refractivity contribution in [3.63, 3.8) is 0 Å². The van der Waals surface area contributed by atoms with Gasteiger partial charge in [0.15, 0.2) is 11.7 Å². The topological polar surface area (TPSA) is 81.0 Å². The first-order chi connectivity index (χ1) is 19.8. The molecule has 0 amide bonds. The minimum atomic E-state index is 0.702. The van der Waals surface area contributed by atoms with Gasteiger partial charge in [-0.15, -0.1) is 0 Å². The molecule has 0 radical (unpaired) electrons. The quantitative estimate of drug-likeness (QED) is 0.200. The standard InChI is InChI=1S/C32H18N6S2/c1-5-13-21-17(9-1)25-33-26-18-10-2-6-14-22(18)31(36-26)40-32-24-16-8-4-12-20(24)28(38-32)34-27-19-11-3-7-15-23(19)30(37-27)39-29(21)35-25/h1-16,35,38H. The lowest BCUT2D eigenvalue weighted by atomic mass is 10.1. The van der Waals surface area contributed by atoms with Gasteiger partial charge < -0.3 is 9.97 Å². The molecule has 8 bridgehead atoms. The zero-order valence-corrected chi connectivity index (χ0v) is 22.5. The van der Waals surface area contributed by atoms with Gasteiger partial charge in [0.05, 0.1) is 10.1 Å². The van der Waals surface area contributed by atoms with E-state index in [0.717, 1.165) is 75.6 Å². The molecule has 0 aliphatic carbocycles. The van der Waals surface area contributed by atoms with Gasteiger partial charge in [0.25, 0.3) is 0 Å². The zero-order valence-electron chi connectivity index (χ0n) is 20.8. The molecule has 2 aromatic heterocycles. The van der Waals surface area contributed by atoms with Gasteiger partial charge in [0.2, 0.25) is 0 Å². The van der Waals surface area contributed by atoms with Gasteiger partial charge in [-0.05, 0) is 0 Å². The van der Waals surface area contributed by atoms with Crippen LogP contribution in [0.4, 0.5) is 11.6 Å². The normalized spacial score (nSPS) is 15.4. The fraction of sp³-hybridized carbons (Fsp3) is 0. The Morgan fingerprint density at radius 1 is 0.400 bits per heavy atom. The third kappa shape index (κ3) is 3.27. The minimum Gasteiger partial charge on any atom is -0.334 e. The Morgan fingerprint density at radius 3 is 1.23 bits per heavy atom. The summed E-state index contributed by atoms with van der Waals surface area (Å²) in [5.41, 5.74) is 4.20. The Morgan fingerprint density at radius 2 is 0.775 bits per heavy atom. The number of aliphatic imine (C=N–C) groups is 4. The molecule has 188 valence electrons. The van der Waals surface area contributed by atoms with Gasteiger partial charge in [-0.3, -0.25) is 0 Å². The molecule has 3 aliphatic rings. The monoisotopic (exact) mass is 550 g/mol. The van der Waals surface area contributed by atoms with Gasteiger partial charge in [-0.25, -0.2) is 20.0 Å². The molecule has 0 unspecified atom stereocenters. The summed E-state index contributed by atoms with van der Waals surface area (Å²) in [7, 11) is 0. The summed E-state index contributed by atoms with van der Waals surface area (Å²) in [5.74, 6) is 2.99. The SMILES string of the molecule is c1ccc2c(c1)C1=Nc3[nH]c(c4ccccc34)SC3=NC(=Nc4[nH]c(c5ccccc45)SC2=N1)c1ccccc13. The Bertz CT molecular complexity index is 2020. The van der Waals surface area contributed by atoms with E-state index in [2.05, 4.69) is 82.8 Å².